The van der Waals surface area contributed by atoms with E-state index in [-0.39, 0.29) is 5.56 Å². The van der Waals surface area contributed by atoms with Crippen molar-refractivity contribution in [1.82, 2.24) is 14.8 Å². The first-order valence-corrected chi connectivity index (χ1v) is 5.41. The van der Waals surface area contributed by atoms with Gasteiger partial charge >= 0.3 is 5.97 Å². The van der Waals surface area contributed by atoms with Crippen LogP contribution in [-0.2, 0) is 13.6 Å². The van der Waals surface area contributed by atoms with E-state index in [1.54, 1.807) is 27.1 Å². The minimum Gasteiger partial charge on any atom is -0.477 e. The summed E-state index contributed by atoms with van der Waals surface area (Å²) in [5, 5.41) is 16.2. The van der Waals surface area contributed by atoms with Crippen LogP contribution in [0.3, 0.4) is 0 Å². The molecule has 0 aliphatic rings. The molecule has 0 saturated carbocycles. The van der Waals surface area contributed by atoms with Crippen LogP contribution in [0.4, 0.5) is 5.82 Å². The van der Waals surface area contributed by atoms with Crippen LogP contribution in [0.5, 0.6) is 0 Å². The summed E-state index contributed by atoms with van der Waals surface area (Å²) < 4.78 is 6.80. The Morgan fingerprint density at radius 1 is 1.56 bits per heavy atom. The Morgan fingerprint density at radius 2 is 2.28 bits per heavy atom. The second kappa shape index (κ2) is 4.52. The van der Waals surface area contributed by atoms with E-state index in [2.05, 4.69) is 15.4 Å². The van der Waals surface area contributed by atoms with Gasteiger partial charge < -0.3 is 14.8 Å². The average Bonchev–Trinajstić information content (AvgIpc) is 2.79. The minimum atomic E-state index is -1.01. The van der Waals surface area contributed by atoms with Crippen LogP contribution in [0.2, 0.25) is 0 Å². The predicted octanol–water partition coefficient (Wildman–Crippen LogP) is 1.34. The SMILES string of the molecule is Cc1cnc(CNc2c(C(=O)O)c(C)nn2C)o1. The molecule has 2 aromatic rings. The van der Waals surface area contributed by atoms with Crippen LogP contribution >= 0.6 is 0 Å². The molecule has 2 heterocycles. The van der Waals surface area contributed by atoms with E-state index in [1.165, 1.54) is 4.68 Å². The number of oxazole rings is 1. The zero-order valence-corrected chi connectivity index (χ0v) is 10.4. The molecule has 18 heavy (non-hydrogen) atoms. The minimum absolute atomic E-state index is 0.167. The van der Waals surface area contributed by atoms with E-state index in [9.17, 15) is 4.79 Å². The van der Waals surface area contributed by atoms with Gasteiger partial charge in [-0.2, -0.15) is 5.10 Å². The third-order valence-electron chi connectivity index (χ3n) is 2.51. The van der Waals surface area contributed by atoms with Gasteiger partial charge in [-0.05, 0) is 13.8 Å². The second-order valence-corrected chi connectivity index (χ2v) is 3.96. The quantitative estimate of drug-likeness (QED) is 0.850. The lowest BCUT2D eigenvalue weighted by Gasteiger charge is -2.05. The van der Waals surface area contributed by atoms with Crippen molar-refractivity contribution in [3.8, 4) is 0 Å². The van der Waals surface area contributed by atoms with Gasteiger partial charge in [0.25, 0.3) is 0 Å². The van der Waals surface area contributed by atoms with Crippen molar-refractivity contribution < 1.29 is 14.3 Å². The largest absolute Gasteiger partial charge is 0.477 e. The molecule has 7 heteroatoms. The average molecular weight is 250 g/mol. The van der Waals surface area contributed by atoms with Gasteiger partial charge in [-0.3, -0.25) is 4.68 Å². The van der Waals surface area contributed by atoms with Gasteiger partial charge in [0.2, 0.25) is 5.89 Å². The smallest absolute Gasteiger partial charge is 0.341 e. The summed E-state index contributed by atoms with van der Waals surface area (Å²) in [5.74, 6) is 0.650. The fraction of sp³-hybridized carbons (Fsp3) is 0.364. The van der Waals surface area contributed by atoms with Crippen molar-refractivity contribution >= 4 is 11.8 Å². The van der Waals surface area contributed by atoms with E-state index < -0.39 is 5.97 Å². The van der Waals surface area contributed by atoms with Gasteiger partial charge in [0, 0.05) is 7.05 Å². The maximum atomic E-state index is 11.1. The molecule has 0 saturated heterocycles. The summed E-state index contributed by atoms with van der Waals surface area (Å²) in [7, 11) is 1.68. The van der Waals surface area contributed by atoms with Gasteiger partial charge in [0.05, 0.1) is 18.4 Å². The number of anilines is 1. The summed E-state index contributed by atoms with van der Waals surface area (Å²) in [6.45, 7) is 3.77. The van der Waals surface area contributed by atoms with Crippen molar-refractivity contribution in [2.45, 2.75) is 20.4 Å². The zero-order chi connectivity index (χ0) is 13.3. The predicted molar refractivity (Wildman–Crippen MR) is 63.5 cm³/mol. The van der Waals surface area contributed by atoms with Crippen LogP contribution < -0.4 is 5.32 Å². The van der Waals surface area contributed by atoms with E-state index in [1.807, 2.05) is 0 Å². The molecule has 2 rings (SSSR count). The number of carboxylic acids is 1. The summed E-state index contributed by atoms with van der Waals surface area (Å²) in [6, 6.07) is 0. The number of hydrogen-bond donors (Lipinski definition) is 2. The highest BCUT2D eigenvalue weighted by molar-refractivity contribution is 5.94. The first-order chi connectivity index (χ1) is 8.49. The summed E-state index contributed by atoms with van der Waals surface area (Å²) >= 11 is 0. The van der Waals surface area contributed by atoms with Gasteiger partial charge in [0.1, 0.15) is 17.1 Å². The monoisotopic (exact) mass is 250 g/mol. The van der Waals surface area contributed by atoms with E-state index >= 15 is 0 Å². The number of aryl methyl sites for hydroxylation is 3. The first kappa shape index (κ1) is 12.2. The molecule has 7 nitrogen and oxygen atoms in total. The van der Waals surface area contributed by atoms with Crippen molar-refractivity contribution in [2.75, 3.05) is 5.32 Å². The molecule has 0 bridgehead atoms. The molecule has 0 unspecified atom stereocenters. The number of aromatic nitrogens is 3. The van der Waals surface area contributed by atoms with Crippen molar-refractivity contribution in [2.24, 2.45) is 7.05 Å². The van der Waals surface area contributed by atoms with E-state index in [4.69, 9.17) is 9.52 Å². The highest BCUT2D eigenvalue weighted by Crippen LogP contribution is 2.19. The maximum Gasteiger partial charge on any atom is 0.341 e. The van der Waals surface area contributed by atoms with Crippen LogP contribution in [0.1, 0.15) is 27.7 Å². The fourth-order valence-electron chi connectivity index (χ4n) is 1.76. The standard InChI is InChI=1S/C11H14N4O3/c1-6-4-12-8(18-6)5-13-10-9(11(16)17)7(2)14-15(10)3/h4,13H,5H2,1-3H3,(H,16,17). The molecule has 0 radical (unpaired) electrons. The van der Waals surface area contributed by atoms with Crippen LogP contribution in [0.15, 0.2) is 10.6 Å². The van der Waals surface area contributed by atoms with Gasteiger partial charge in [0.15, 0.2) is 0 Å². The van der Waals surface area contributed by atoms with Gasteiger partial charge in [-0.1, -0.05) is 0 Å². The fourth-order valence-corrected chi connectivity index (χ4v) is 1.76. The van der Waals surface area contributed by atoms with Crippen molar-refractivity contribution in [1.29, 1.82) is 0 Å². The number of hydrogen-bond acceptors (Lipinski definition) is 5. The van der Waals surface area contributed by atoms with Crippen LogP contribution in [0.25, 0.3) is 0 Å². The Kier molecular flexibility index (Phi) is 3.05. The lowest BCUT2D eigenvalue weighted by Crippen LogP contribution is -2.09. The molecular formula is C11H14N4O3. The van der Waals surface area contributed by atoms with Crippen LogP contribution in [-0.4, -0.2) is 25.8 Å². The summed E-state index contributed by atoms with van der Waals surface area (Å²) in [5.41, 5.74) is 0.636. The molecule has 0 aromatic carbocycles. The number of nitrogens with zero attached hydrogens (tertiary/aromatic N) is 3. The summed E-state index contributed by atoms with van der Waals surface area (Å²) in [4.78, 5) is 15.2. The molecule has 0 atom stereocenters. The molecule has 2 aromatic heterocycles. The molecule has 0 aliphatic carbocycles. The van der Waals surface area contributed by atoms with Gasteiger partial charge in [-0.15, -0.1) is 0 Å². The molecule has 0 amide bonds. The molecule has 0 fully saturated rings. The van der Waals surface area contributed by atoms with E-state index in [0.29, 0.717) is 29.7 Å². The number of rotatable bonds is 4. The number of aromatic carboxylic acids is 1. The molecule has 2 N–H and O–H groups in total. The molecule has 96 valence electrons. The number of carboxylic acid groups (broad SMARTS) is 1. The number of nitrogens with one attached hydrogen (secondary N) is 1. The molecule has 0 aliphatic heterocycles. The lowest BCUT2D eigenvalue weighted by atomic mass is 10.2. The van der Waals surface area contributed by atoms with Crippen molar-refractivity contribution in [3.05, 3.63) is 29.1 Å². The van der Waals surface area contributed by atoms with Crippen molar-refractivity contribution in [3.63, 3.8) is 0 Å². The topological polar surface area (TPSA) is 93.2 Å². The Morgan fingerprint density at radius 3 is 2.83 bits per heavy atom. The highest BCUT2D eigenvalue weighted by Gasteiger charge is 2.19. The third kappa shape index (κ3) is 2.20. The van der Waals surface area contributed by atoms with E-state index in [0.717, 1.165) is 0 Å². The molecule has 0 spiro atoms. The third-order valence-corrected chi connectivity index (χ3v) is 2.51. The highest BCUT2D eigenvalue weighted by atomic mass is 16.4. The number of carbonyl (C=O) groups is 1. The van der Waals surface area contributed by atoms with Crippen LogP contribution in [0, 0.1) is 13.8 Å². The Balaban J connectivity index is 2.21. The molecular weight excluding hydrogens is 236 g/mol. The normalized spacial score (nSPS) is 10.6. The van der Waals surface area contributed by atoms with Gasteiger partial charge in [-0.25, -0.2) is 9.78 Å². The zero-order valence-electron chi connectivity index (χ0n) is 10.4. The first-order valence-electron chi connectivity index (χ1n) is 5.41. The Hall–Kier alpha value is -2.31. The summed E-state index contributed by atoms with van der Waals surface area (Å²) in [6.07, 6.45) is 1.61. The Labute approximate surface area is 103 Å². The lowest BCUT2D eigenvalue weighted by molar-refractivity contribution is 0.0697. The Bertz CT molecular complexity index is 585. The second-order valence-electron chi connectivity index (χ2n) is 3.96. The maximum absolute atomic E-state index is 11.1.